The maximum Gasteiger partial charge on any atom is 0.322 e. The molecule has 208 valence electrons. The molecule has 0 atom stereocenters. The molecule has 1 heterocycles. The minimum atomic E-state index is -3.99. The zero-order chi connectivity index (χ0) is 28.9. The second-order valence-corrected chi connectivity index (χ2v) is 10.5. The number of urea groups is 1. The van der Waals surface area contributed by atoms with Gasteiger partial charge < -0.3 is 15.1 Å². The van der Waals surface area contributed by atoms with Crippen molar-refractivity contribution in [2.45, 2.75) is 11.8 Å². The first-order valence-corrected chi connectivity index (χ1v) is 13.8. The summed E-state index contributed by atoms with van der Waals surface area (Å²) < 4.78 is 55.6. The fraction of sp³-hybridized carbons (Fsp3) is 0.179. The van der Waals surface area contributed by atoms with Crippen LogP contribution in [0.3, 0.4) is 0 Å². The van der Waals surface area contributed by atoms with Crippen molar-refractivity contribution >= 4 is 51.8 Å². The third-order valence-corrected chi connectivity index (χ3v) is 7.65. The van der Waals surface area contributed by atoms with Gasteiger partial charge >= 0.3 is 6.03 Å². The molecule has 40 heavy (non-hydrogen) atoms. The lowest BCUT2D eigenvalue weighted by Gasteiger charge is -2.34. The van der Waals surface area contributed by atoms with Gasteiger partial charge in [-0.2, -0.15) is 0 Å². The molecule has 0 aromatic heterocycles. The normalized spacial score (nSPS) is 13.8. The van der Waals surface area contributed by atoms with Crippen molar-refractivity contribution in [3.63, 3.8) is 0 Å². The molecule has 3 amide bonds. The lowest BCUT2D eigenvalue weighted by Crippen LogP contribution is -2.51. The number of para-hydroxylation sites is 1. The monoisotopic (exact) mass is 567 g/mol. The molecular weight excluding hydrogens is 540 g/mol. The van der Waals surface area contributed by atoms with Crippen LogP contribution in [0.25, 0.3) is 6.08 Å². The van der Waals surface area contributed by atoms with Crippen molar-refractivity contribution in [2.75, 3.05) is 36.2 Å². The number of sulfonamides is 1. The molecule has 3 aromatic carbocycles. The molecule has 2 N–H and O–H groups in total. The fourth-order valence-electron chi connectivity index (χ4n) is 4.21. The lowest BCUT2D eigenvalue weighted by atomic mass is 10.1. The molecule has 0 spiro atoms. The first kappa shape index (κ1) is 28.4. The van der Waals surface area contributed by atoms with E-state index in [2.05, 4.69) is 21.7 Å². The Hall–Kier alpha value is -4.58. The number of hydrogen-bond acceptors (Lipinski definition) is 5. The van der Waals surface area contributed by atoms with Crippen LogP contribution in [0.5, 0.6) is 0 Å². The van der Waals surface area contributed by atoms with E-state index in [4.69, 9.17) is 0 Å². The number of nitrogens with one attached hydrogen (secondary N) is 2. The molecule has 0 bridgehead atoms. The summed E-state index contributed by atoms with van der Waals surface area (Å²) >= 11 is 0. The van der Waals surface area contributed by atoms with Crippen LogP contribution in [0.15, 0.2) is 76.6 Å². The third kappa shape index (κ3) is 6.34. The number of rotatable bonds is 7. The fourth-order valence-corrected chi connectivity index (χ4v) is 5.46. The van der Waals surface area contributed by atoms with Crippen LogP contribution in [0.4, 0.5) is 30.6 Å². The molecule has 0 aliphatic carbocycles. The van der Waals surface area contributed by atoms with Crippen LogP contribution in [0.2, 0.25) is 0 Å². The highest BCUT2D eigenvalue weighted by molar-refractivity contribution is 7.92. The number of carbonyl (C=O) groups is 2. The zero-order valence-electron chi connectivity index (χ0n) is 21.6. The van der Waals surface area contributed by atoms with E-state index in [0.717, 1.165) is 12.1 Å². The molecule has 1 aliphatic heterocycles. The average molecular weight is 568 g/mol. The van der Waals surface area contributed by atoms with Gasteiger partial charge in [0.1, 0.15) is 16.5 Å². The van der Waals surface area contributed by atoms with E-state index >= 15 is 0 Å². The zero-order valence-corrected chi connectivity index (χ0v) is 22.4. The van der Waals surface area contributed by atoms with Crippen molar-refractivity contribution in [1.29, 1.82) is 0 Å². The average Bonchev–Trinajstić information content (AvgIpc) is 2.94. The van der Waals surface area contributed by atoms with Crippen LogP contribution in [0.1, 0.15) is 22.8 Å². The number of benzene rings is 3. The highest BCUT2D eigenvalue weighted by atomic mass is 32.2. The Morgan fingerprint density at radius 3 is 2.27 bits per heavy atom. The van der Waals surface area contributed by atoms with Gasteiger partial charge in [0, 0.05) is 49.1 Å². The van der Waals surface area contributed by atoms with Gasteiger partial charge in [0.25, 0.3) is 15.9 Å². The molecule has 12 heteroatoms. The highest BCUT2D eigenvalue weighted by Crippen LogP contribution is 2.30. The summed E-state index contributed by atoms with van der Waals surface area (Å²) in [4.78, 5) is 32.4. The van der Waals surface area contributed by atoms with Gasteiger partial charge in [0.05, 0.1) is 11.4 Å². The quantitative estimate of drug-likeness (QED) is 0.386. The maximum absolute atomic E-state index is 13.8. The summed E-state index contributed by atoms with van der Waals surface area (Å²) in [6, 6.07) is 13.1. The Morgan fingerprint density at radius 1 is 0.975 bits per heavy atom. The third-order valence-electron chi connectivity index (χ3n) is 6.23. The second kappa shape index (κ2) is 12.1. The topological polar surface area (TPSA) is 111 Å². The SMILES string of the molecule is C=Nc1c(/C=C\C)cccc1S(=O)(=O)Nc1ccc(C(=O)N2CCN(C(=O)Nc3ccc(F)cc3F)CC2)cc1. The Labute approximate surface area is 230 Å². The number of carbonyl (C=O) groups excluding carboxylic acids is 2. The van der Waals surface area contributed by atoms with E-state index in [-0.39, 0.29) is 54.0 Å². The Morgan fingerprint density at radius 2 is 1.65 bits per heavy atom. The summed E-state index contributed by atoms with van der Waals surface area (Å²) in [7, 11) is -3.99. The van der Waals surface area contributed by atoms with Crippen LogP contribution >= 0.6 is 0 Å². The number of halogens is 2. The molecule has 1 saturated heterocycles. The van der Waals surface area contributed by atoms with Crippen LogP contribution < -0.4 is 10.0 Å². The van der Waals surface area contributed by atoms with Gasteiger partial charge in [-0.05, 0) is 56.1 Å². The predicted molar refractivity (Wildman–Crippen MR) is 150 cm³/mol. The summed E-state index contributed by atoms with van der Waals surface area (Å²) in [6.45, 7) is 6.22. The summed E-state index contributed by atoms with van der Waals surface area (Å²) in [5.41, 5.74) is 1.32. The minimum Gasteiger partial charge on any atom is -0.335 e. The number of anilines is 2. The van der Waals surface area contributed by atoms with Crippen molar-refractivity contribution in [3.8, 4) is 0 Å². The van der Waals surface area contributed by atoms with Crippen molar-refractivity contribution in [1.82, 2.24) is 9.80 Å². The number of allylic oxidation sites excluding steroid dienone is 1. The smallest absolute Gasteiger partial charge is 0.322 e. The number of aliphatic imine (C=N–C) groups is 1. The van der Waals surface area contributed by atoms with Crippen molar-refractivity contribution in [2.24, 2.45) is 4.99 Å². The largest absolute Gasteiger partial charge is 0.335 e. The number of nitrogens with zero attached hydrogens (tertiary/aromatic N) is 3. The van der Waals surface area contributed by atoms with Gasteiger partial charge in [-0.15, -0.1) is 0 Å². The molecule has 0 radical (unpaired) electrons. The minimum absolute atomic E-state index is 0.0256. The molecule has 0 unspecified atom stereocenters. The summed E-state index contributed by atoms with van der Waals surface area (Å²) in [5.74, 6) is -1.91. The molecule has 1 aliphatic rings. The molecule has 1 fully saturated rings. The highest BCUT2D eigenvalue weighted by Gasteiger charge is 2.26. The van der Waals surface area contributed by atoms with Gasteiger partial charge in [0.2, 0.25) is 0 Å². The van der Waals surface area contributed by atoms with E-state index in [0.29, 0.717) is 17.2 Å². The van der Waals surface area contributed by atoms with Crippen LogP contribution in [-0.4, -0.2) is 63.1 Å². The summed E-state index contributed by atoms with van der Waals surface area (Å²) in [6.07, 6.45) is 3.51. The van der Waals surface area contributed by atoms with E-state index in [1.54, 1.807) is 29.2 Å². The number of hydrogen-bond donors (Lipinski definition) is 2. The van der Waals surface area contributed by atoms with Crippen molar-refractivity contribution in [3.05, 3.63) is 89.5 Å². The molecule has 9 nitrogen and oxygen atoms in total. The van der Waals surface area contributed by atoms with Gasteiger partial charge in [0.15, 0.2) is 0 Å². The van der Waals surface area contributed by atoms with E-state index in [1.165, 1.54) is 35.2 Å². The van der Waals surface area contributed by atoms with Crippen LogP contribution in [-0.2, 0) is 10.0 Å². The van der Waals surface area contributed by atoms with Gasteiger partial charge in [-0.25, -0.2) is 22.0 Å². The number of amides is 3. The second-order valence-electron chi connectivity index (χ2n) is 8.87. The lowest BCUT2D eigenvalue weighted by molar-refractivity contribution is 0.0671. The Kier molecular flexibility index (Phi) is 8.58. The standard InChI is InChI=1S/C28H27F2N5O4S/c1-3-5-19-6-4-7-25(26(19)31-2)40(38,39)33-22-11-8-20(9-12-22)27(36)34-14-16-35(17-15-34)28(37)32-24-13-10-21(29)18-23(24)30/h3-13,18,33H,2,14-17H2,1H3,(H,32,37)/b5-3-. The van der Waals surface area contributed by atoms with E-state index in [9.17, 15) is 26.8 Å². The first-order chi connectivity index (χ1) is 19.1. The van der Waals surface area contributed by atoms with Gasteiger partial charge in [-0.1, -0.05) is 24.3 Å². The Bertz CT molecular complexity index is 1570. The van der Waals surface area contributed by atoms with E-state index < -0.39 is 27.7 Å². The molecule has 3 aromatic rings. The van der Waals surface area contributed by atoms with Crippen LogP contribution in [0, 0.1) is 11.6 Å². The molecular formula is C28H27F2N5O4S. The molecule has 4 rings (SSSR count). The van der Waals surface area contributed by atoms with E-state index in [1.807, 2.05) is 6.92 Å². The van der Waals surface area contributed by atoms with Gasteiger partial charge in [-0.3, -0.25) is 14.5 Å². The number of piperazine rings is 1. The first-order valence-electron chi connectivity index (χ1n) is 12.3. The maximum atomic E-state index is 13.8. The predicted octanol–water partition coefficient (Wildman–Crippen LogP) is 5.12. The molecule has 0 saturated carbocycles. The Balaban J connectivity index is 1.37. The van der Waals surface area contributed by atoms with Crippen molar-refractivity contribution < 1.29 is 26.8 Å². The summed E-state index contributed by atoms with van der Waals surface area (Å²) in [5, 5.41) is 2.41.